The molecular weight excluding hydrogens is 308 g/mol. The molecule has 1 heterocycles. The van der Waals surface area contributed by atoms with Crippen LogP contribution >= 0.6 is 0 Å². The summed E-state index contributed by atoms with van der Waals surface area (Å²) < 4.78 is 7.09. The zero-order valence-corrected chi connectivity index (χ0v) is 14.2. The quantitative estimate of drug-likeness (QED) is 0.731. The molecule has 0 amide bonds. The average Bonchev–Trinajstić information content (AvgIpc) is 2.85. The number of hydrogen-bond acceptors (Lipinski definition) is 3. The van der Waals surface area contributed by atoms with Gasteiger partial charge in [0.2, 0.25) is 5.88 Å². The van der Waals surface area contributed by atoms with E-state index >= 15 is 0 Å². The summed E-state index contributed by atoms with van der Waals surface area (Å²) in [6, 6.07) is 17.6. The number of ether oxygens (including phenoxy) is 1. The van der Waals surface area contributed by atoms with Gasteiger partial charge in [0, 0.05) is 0 Å². The number of nitrogens with zero attached hydrogens (tertiary/aromatic N) is 2. The van der Waals surface area contributed by atoms with Gasteiger partial charge < -0.3 is 9.84 Å². The third-order valence-corrected chi connectivity index (χ3v) is 3.13. The summed E-state index contributed by atoms with van der Waals surface area (Å²) in [4.78, 5) is 10.6. The van der Waals surface area contributed by atoms with E-state index in [0.29, 0.717) is 12.4 Å². The number of carboxylic acid groups (broad SMARTS) is 1. The number of aliphatic carboxylic acids is 1. The molecule has 0 bridgehead atoms. The van der Waals surface area contributed by atoms with Crippen LogP contribution in [0.1, 0.15) is 5.56 Å². The van der Waals surface area contributed by atoms with Crippen molar-refractivity contribution < 1.29 is 14.6 Å². The molecule has 0 radical (unpaired) electrons. The molecule has 0 fully saturated rings. The van der Waals surface area contributed by atoms with Crippen LogP contribution in [0.4, 0.5) is 0 Å². The first kappa shape index (κ1) is 16.8. The van der Waals surface area contributed by atoms with Gasteiger partial charge in [-0.2, -0.15) is 0 Å². The van der Waals surface area contributed by atoms with E-state index in [2.05, 4.69) is 5.10 Å². The molecule has 0 atom stereocenters. The molecule has 0 aliphatic carbocycles. The number of fused-ring (bicyclic) bond motifs is 1. The second kappa shape index (κ2) is 7.63. The van der Waals surface area contributed by atoms with Crippen LogP contribution in [0.5, 0.6) is 5.88 Å². The van der Waals surface area contributed by atoms with Gasteiger partial charge in [0.15, 0.2) is 6.61 Å². The maximum absolute atomic E-state index is 10.6. The van der Waals surface area contributed by atoms with E-state index in [-0.39, 0.29) is 37.7 Å². The van der Waals surface area contributed by atoms with Crippen molar-refractivity contribution in [2.45, 2.75) is 6.54 Å². The molecule has 22 heavy (non-hydrogen) atoms. The first-order valence-corrected chi connectivity index (χ1v) is 6.58. The molecule has 0 saturated heterocycles. The summed E-state index contributed by atoms with van der Waals surface area (Å²) in [6.07, 6.45) is 0. The Labute approximate surface area is 157 Å². The molecule has 106 valence electrons. The van der Waals surface area contributed by atoms with Crippen molar-refractivity contribution in [1.82, 2.24) is 9.78 Å². The Hall–Kier alpha value is -1.56. The number of aromatic nitrogens is 2. The smallest absolute Gasteiger partial charge is 0.479 e. The molecule has 5 nitrogen and oxygen atoms in total. The first-order valence-electron chi connectivity index (χ1n) is 6.58. The molecule has 2 aromatic carbocycles. The Morgan fingerprint density at radius 2 is 1.77 bits per heavy atom. The van der Waals surface area contributed by atoms with Gasteiger partial charge in [-0.15, -0.1) is 5.10 Å². The van der Waals surface area contributed by atoms with Crippen LogP contribution in [-0.4, -0.2) is 65.2 Å². The number of carboxylic acids is 1. The SMILES string of the molecule is O=C(O)COc1nn(Cc2ccccc2)c2ccccc12.[Ca+2]. The van der Waals surface area contributed by atoms with E-state index < -0.39 is 12.6 Å². The molecule has 0 aliphatic rings. The molecule has 3 rings (SSSR count). The van der Waals surface area contributed by atoms with Gasteiger partial charge in [-0.25, -0.2) is 4.79 Å². The van der Waals surface area contributed by atoms with Gasteiger partial charge in [-0.1, -0.05) is 42.5 Å². The van der Waals surface area contributed by atoms with Crippen molar-refractivity contribution in [3.05, 3.63) is 60.2 Å². The van der Waals surface area contributed by atoms with Crippen LogP contribution in [-0.2, 0) is 11.3 Å². The summed E-state index contributed by atoms with van der Waals surface area (Å²) in [5.74, 6) is -0.666. The molecule has 6 heteroatoms. The predicted octanol–water partition coefficient (Wildman–Crippen LogP) is 2.17. The Morgan fingerprint density at radius 3 is 2.50 bits per heavy atom. The third-order valence-electron chi connectivity index (χ3n) is 3.13. The number of rotatable bonds is 5. The number of para-hydroxylation sites is 1. The average molecular weight is 322 g/mol. The van der Waals surface area contributed by atoms with Crippen LogP contribution in [0.15, 0.2) is 54.6 Å². The van der Waals surface area contributed by atoms with Gasteiger partial charge in [-0.05, 0) is 17.7 Å². The molecule has 1 N–H and O–H groups in total. The van der Waals surface area contributed by atoms with Crippen LogP contribution in [0.25, 0.3) is 10.9 Å². The minimum Gasteiger partial charge on any atom is -0.479 e. The van der Waals surface area contributed by atoms with Gasteiger partial charge >= 0.3 is 43.7 Å². The largest absolute Gasteiger partial charge is 2.00 e. The zero-order chi connectivity index (χ0) is 14.7. The molecule has 1 aromatic heterocycles. The summed E-state index contributed by atoms with van der Waals surface area (Å²) in [5, 5.41) is 13.9. The van der Waals surface area contributed by atoms with Crippen molar-refractivity contribution >= 4 is 54.6 Å². The number of hydrogen-bond donors (Lipinski definition) is 1. The van der Waals surface area contributed by atoms with Crippen LogP contribution < -0.4 is 4.74 Å². The number of benzene rings is 2. The molecule has 0 saturated carbocycles. The Morgan fingerprint density at radius 1 is 1.09 bits per heavy atom. The summed E-state index contributed by atoms with van der Waals surface area (Å²) in [7, 11) is 0. The van der Waals surface area contributed by atoms with Crippen LogP contribution in [0.3, 0.4) is 0 Å². The van der Waals surface area contributed by atoms with Gasteiger partial charge in [-0.3, -0.25) is 4.68 Å². The normalized spacial score (nSPS) is 10.2. The van der Waals surface area contributed by atoms with Crippen molar-refractivity contribution in [1.29, 1.82) is 0 Å². The summed E-state index contributed by atoms with van der Waals surface area (Å²) >= 11 is 0. The maximum atomic E-state index is 10.6. The van der Waals surface area contributed by atoms with E-state index in [9.17, 15) is 4.79 Å². The summed E-state index contributed by atoms with van der Waals surface area (Å²) in [5.41, 5.74) is 2.04. The van der Waals surface area contributed by atoms with Crippen molar-refractivity contribution in [2.24, 2.45) is 0 Å². The second-order valence-electron chi connectivity index (χ2n) is 4.65. The fourth-order valence-corrected chi connectivity index (χ4v) is 2.21. The molecule has 0 unspecified atom stereocenters. The molecular formula is C16H14CaN2O3+2. The monoisotopic (exact) mass is 322 g/mol. The fourth-order valence-electron chi connectivity index (χ4n) is 2.21. The number of carbonyl (C=O) groups is 1. The third kappa shape index (κ3) is 3.80. The second-order valence-corrected chi connectivity index (χ2v) is 4.65. The van der Waals surface area contributed by atoms with Crippen LogP contribution in [0, 0.1) is 0 Å². The van der Waals surface area contributed by atoms with E-state index in [1.807, 2.05) is 59.3 Å². The maximum Gasteiger partial charge on any atom is 2.00 e. The minimum atomic E-state index is -1.02. The molecule has 3 aromatic rings. The topological polar surface area (TPSA) is 64.3 Å². The van der Waals surface area contributed by atoms with Crippen LogP contribution in [0.2, 0.25) is 0 Å². The Kier molecular flexibility index (Phi) is 5.83. The first-order chi connectivity index (χ1) is 10.2. The van der Waals surface area contributed by atoms with Crippen molar-refractivity contribution in [2.75, 3.05) is 6.61 Å². The van der Waals surface area contributed by atoms with E-state index in [0.717, 1.165) is 16.5 Å². The van der Waals surface area contributed by atoms with Gasteiger partial charge in [0.05, 0.1) is 17.4 Å². The predicted molar refractivity (Wildman–Crippen MR) is 84.2 cm³/mol. The van der Waals surface area contributed by atoms with Crippen molar-refractivity contribution in [3.8, 4) is 5.88 Å². The van der Waals surface area contributed by atoms with Crippen molar-refractivity contribution in [3.63, 3.8) is 0 Å². The van der Waals surface area contributed by atoms with Gasteiger partial charge in [0.1, 0.15) is 0 Å². The Balaban J connectivity index is 0.00000176. The van der Waals surface area contributed by atoms with E-state index in [1.165, 1.54) is 0 Å². The molecule has 0 spiro atoms. The fraction of sp³-hybridized carbons (Fsp3) is 0.125. The molecule has 0 aliphatic heterocycles. The zero-order valence-electron chi connectivity index (χ0n) is 12.0. The standard InChI is InChI=1S/C16H14N2O3.Ca/c19-15(20)11-21-16-13-8-4-5-9-14(13)18(17-16)10-12-6-2-1-3-7-12;/h1-9H,10-11H2,(H,19,20);/q;+2. The minimum absolute atomic E-state index is 0. The van der Waals surface area contributed by atoms with E-state index in [1.54, 1.807) is 0 Å². The van der Waals surface area contributed by atoms with Gasteiger partial charge in [0.25, 0.3) is 0 Å². The Bertz CT molecular complexity index is 771. The summed E-state index contributed by atoms with van der Waals surface area (Å²) in [6.45, 7) is 0.212. The van der Waals surface area contributed by atoms with E-state index in [4.69, 9.17) is 9.84 Å².